The van der Waals surface area contributed by atoms with Gasteiger partial charge in [-0.1, -0.05) is 19.1 Å². The Morgan fingerprint density at radius 1 is 1.23 bits per heavy atom. The average Bonchev–Trinajstić information content (AvgIpc) is 2.84. The lowest BCUT2D eigenvalue weighted by atomic mass is 10.1. The smallest absolute Gasteiger partial charge is 0.260 e. The molecule has 1 aromatic carbocycles. The van der Waals surface area contributed by atoms with Gasteiger partial charge in [0, 0.05) is 25.2 Å². The van der Waals surface area contributed by atoms with Gasteiger partial charge in [-0.25, -0.2) is 0 Å². The molecule has 0 saturated carbocycles. The maximum atomic E-state index is 12.3. The van der Waals surface area contributed by atoms with E-state index in [1.807, 2.05) is 17.0 Å². The summed E-state index contributed by atoms with van der Waals surface area (Å²) in [6.07, 6.45) is 4.52. The lowest BCUT2D eigenvalue weighted by molar-refractivity contribution is -0.133. The number of carbonyl (C=O) groups excluding carboxylic acids is 1. The Kier molecular flexibility index (Phi) is 6.09. The van der Waals surface area contributed by atoms with Gasteiger partial charge in [-0.2, -0.15) is 0 Å². The van der Waals surface area contributed by atoms with Crippen molar-refractivity contribution in [3.63, 3.8) is 0 Å². The van der Waals surface area contributed by atoms with Crippen LogP contribution in [0.15, 0.2) is 24.3 Å². The molecule has 5 heteroatoms. The summed E-state index contributed by atoms with van der Waals surface area (Å²) in [5.74, 6) is 0.874. The predicted octanol–water partition coefficient (Wildman–Crippen LogP) is 2.40. The summed E-state index contributed by atoms with van der Waals surface area (Å²) >= 11 is 0. The number of amides is 1. The van der Waals surface area contributed by atoms with E-state index in [1.54, 1.807) is 0 Å². The molecule has 3 rings (SSSR count). The lowest BCUT2D eigenvalue weighted by Crippen LogP contribution is -2.41. The van der Waals surface area contributed by atoms with Crippen molar-refractivity contribution in [1.82, 2.24) is 10.2 Å². The predicted molar refractivity (Wildman–Crippen MR) is 89.7 cm³/mol. The number of benzene rings is 1. The molecule has 0 spiro atoms. The van der Waals surface area contributed by atoms with Crippen LogP contribution in [0, 0.1) is 0 Å². The van der Waals surface area contributed by atoms with E-state index in [9.17, 15) is 4.79 Å². The van der Waals surface area contributed by atoms with Crippen molar-refractivity contribution in [2.45, 2.75) is 44.7 Å². The zero-order valence-corrected chi connectivity index (χ0v) is 13.9. The van der Waals surface area contributed by atoms with Crippen LogP contribution in [-0.4, -0.2) is 42.6 Å². The second-order valence-corrected chi connectivity index (χ2v) is 6.05. The van der Waals surface area contributed by atoms with Gasteiger partial charge in [0.2, 0.25) is 0 Å². The summed E-state index contributed by atoms with van der Waals surface area (Å²) in [6, 6.07) is 9.07. The fourth-order valence-corrected chi connectivity index (χ4v) is 3.23. The van der Waals surface area contributed by atoms with Gasteiger partial charge >= 0.3 is 0 Å². The van der Waals surface area contributed by atoms with Crippen molar-refractivity contribution in [3.05, 3.63) is 29.8 Å². The normalized spacial score (nSPS) is 23.6. The number of hydrogen-bond acceptors (Lipinski definition) is 3. The number of nitrogens with one attached hydrogen (secondary N) is 1. The first-order chi connectivity index (χ1) is 10.2. The first kappa shape index (κ1) is 17.1. The number of hydrogen-bond donors (Lipinski definition) is 1. The highest BCUT2D eigenvalue weighted by Gasteiger charge is 2.31. The van der Waals surface area contributed by atoms with Crippen LogP contribution in [-0.2, 0) is 11.2 Å². The van der Waals surface area contributed by atoms with Gasteiger partial charge in [-0.05, 0) is 43.4 Å². The molecule has 1 aromatic rings. The number of aryl methyl sites for hydroxylation is 1. The van der Waals surface area contributed by atoms with Gasteiger partial charge in [0.15, 0.2) is 6.61 Å². The van der Waals surface area contributed by atoms with Crippen molar-refractivity contribution >= 4 is 18.3 Å². The van der Waals surface area contributed by atoms with E-state index in [0.29, 0.717) is 12.1 Å². The fourth-order valence-electron chi connectivity index (χ4n) is 3.23. The third kappa shape index (κ3) is 4.14. The highest BCUT2D eigenvalue weighted by Crippen LogP contribution is 2.20. The Bertz CT molecular complexity index is 492. The standard InChI is InChI=1S/C17H24N2O2.ClH/c1-2-13-3-7-16(8-4-13)21-12-17(20)19-10-9-14-5-6-15(11-19)18-14;/h3-4,7-8,14-15,18H,2,5-6,9-12H2,1H3;1H. The monoisotopic (exact) mass is 324 g/mol. The number of nitrogens with zero attached hydrogens (tertiary/aromatic N) is 1. The summed E-state index contributed by atoms with van der Waals surface area (Å²) in [6.45, 7) is 3.95. The molecular formula is C17H25ClN2O2. The minimum Gasteiger partial charge on any atom is -0.484 e. The van der Waals surface area contributed by atoms with Crippen LogP contribution in [0.4, 0.5) is 0 Å². The SMILES string of the molecule is CCc1ccc(OCC(=O)N2CCC3CCC(C2)N3)cc1.Cl. The summed E-state index contributed by atoms with van der Waals surface area (Å²) in [5, 5.41) is 3.59. The molecule has 2 saturated heterocycles. The van der Waals surface area contributed by atoms with Crippen LogP contribution in [0.5, 0.6) is 5.75 Å². The van der Waals surface area contributed by atoms with E-state index >= 15 is 0 Å². The summed E-state index contributed by atoms with van der Waals surface area (Å²) in [7, 11) is 0. The zero-order chi connectivity index (χ0) is 14.7. The van der Waals surface area contributed by atoms with Crippen LogP contribution in [0.1, 0.15) is 31.7 Å². The minimum atomic E-state index is 0. The molecule has 2 heterocycles. The van der Waals surface area contributed by atoms with E-state index in [2.05, 4.69) is 24.4 Å². The van der Waals surface area contributed by atoms with E-state index < -0.39 is 0 Å². The van der Waals surface area contributed by atoms with E-state index in [1.165, 1.54) is 18.4 Å². The molecule has 122 valence electrons. The molecule has 1 amide bonds. The molecule has 2 unspecified atom stereocenters. The highest BCUT2D eigenvalue weighted by molar-refractivity contribution is 5.85. The highest BCUT2D eigenvalue weighted by atomic mass is 35.5. The van der Waals surface area contributed by atoms with Crippen LogP contribution < -0.4 is 10.1 Å². The Balaban J connectivity index is 0.00000176. The Labute approximate surface area is 138 Å². The van der Waals surface area contributed by atoms with Crippen molar-refractivity contribution in [2.24, 2.45) is 0 Å². The molecule has 2 atom stereocenters. The van der Waals surface area contributed by atoms with Crippen LogP contribution in [0.2, 0.25) is 0 Å². The number of rotatable bonds is 4. The van der Waals surface area contributed by atoms with Gasteiger partial charge in [-0.3, -0.25) is 4.79 Å². The Morgan fingerprint density at radius 3 is 2.68 bits per heavy atom. The van der Waals surface area contributed by atoms with Crippen molar-refractivity contribution in [3.8, 4) is 5.75 Å². The molecule has 22 heavy (non-hydrogen) atoms. The fraction of sp³-hybridized carbons (Fsp3) is 0.588. The molecule has 0 aromatic heterocycles. The van der Waals surface area contributed by atoms with E-state index in [4.69, 9.17) is 4.74 Å². The van der Waals surface area contributed by atoms with Crippen LogP contribution >= 0.6 is 12.4 Å². The maximum absolute atomic E-state index is 12.3. The topological polar surface area (TPSA) is 41.6 Å². The van der Waals surface area contributed by atoms with E-state index in [-0.39, 0.29) is 24.9 Å². The molecule has 0 radical (unpaired) electrons. The Hall–Kier alpha value is -1.26. The molecule has 1 N–H and O–H groups in total. The van der Waals surface area contributed by atoms with Crippen LogP contribution in [0.3, 0.4) is 0 Å². The molecule has 2 aliphatic heterocycles. The molecule has 2 fully saturated rings. The molecule has 4 nitrogen and oxygen atoms in total. The second-order valence-electron chi connectivity index (χ2n) is 6.05. The van der Waals surface area contributed by atoms with Gasteiger partial charge in [0.1, 0.15) is 5.75 Å². The number of fused-ring (bicyclic) bond motifs is 2. The average molecular weight is 325 g/mol. The quantitative estimate of drug-likeness (QED) is 0.924. The first-order valence-corrected chi connectivity index (χ1v) is 8.00. The zero-order valence-electron chi connectivity index (χ0n) is 13.1. The third-order valence-corrected chi connectivity index (χ3v) is 4.57. The Morgan fingerprint density at radius 2 is 1.95 bits per heavy atom. The molecule has 2 bridgehead atoms. The maximum Gasteiger partial charge on any atom is 0.260 e. The molecule has 2 aliphatic rings. The number of ether oxygens (including phenoxy) is 1. The summed E-state index contributed by atoms with van der Waals surface area (Å²) in [5.41, 5.74) is 1.28. The van der Waals surface area contributed by atoms with Crippen molar-refractivity contribution < 1.29 is 9.53 Å². The number of likely N-dealkylation sites (tertiary alicyclic amines) is 1. The van der Waals surface area contributed by atoms with Crippen LogP contribution in [0.25, 0.3) is 0 Å². The lowest BCUT2D eigenvalue weighted by Gasteiger charge is -2.24. The van der Waals surface area contributed by atoms with Crippen molar-refractivity contribution in [2.75, 3.05) is 19.7 Å². The van der Waals surface area contributed by atoms with Gasteiger partial charge < -0.3 is 15.0 Å². The number of halogens is 1. The van der Waals surface area contributed by atoms with Gasteiger partial charge in [0.25, 0.3) is 5.91 Å². The summed E-state index contributed by atoms with van der Waals surface area (Å²) in [4.78, 5) is 14.3. The first-order valence-electron chi connectivity index (χ1n) is 8.00. The second kappa shape index (κ2) is 7.84. The summed E-state index contributed by atoms with van der Waals surface area (Å²) < 4.78 is 5.63. The third-order valence-electron chi connectivity index (χ3n) is 4.57. The van der Waals surface area contributed by atoms with Crippen molar-refractivity contribution in [1.29, 1.82) is 0 Å². The largest absolute Gasteiger partial charge is 0.484 e. The minimum absolute atomic E-state index is 0. The van der Waals surface area contributed by atoms with E-state index in [0.717, 1.165) is 31.7 Å². The molecular weight excluding hydrogens is 300 g/mol. The number of carbonyl (C=O) groups is 1. The van der Waals surface area contributed by atoms with Gasteiger partial charge in [0.05, 0.1) is 0 Å². The van der Waals surface area contributed by atoms with Gasteiger partial charge in [-0.15, -0.1) is 12.4 Å². The molecule has 0 aliphatic carbocycles.